The van der Waals surface area contributed by atoms with Crippen LogP contribution < -0.4 is 15.8 Å². The lowest BCUT2D eigenvalue weighted by Gasteiger charge is -2.30. The summed E-state index contributed by atoms with van der Waals surface area (Å²) in [6.07, 6.45) is 5.78. The lowest BCUT2D eigenvalue weighted by molar-refractivity contribution is -0.116. The molecule has 6 nitrogen and oxygen atoms in total. The minimum atomic E-state index is 0.0331. The van der Waals surface area contributed by atoms with E-state index in [0.29, 0.717) is 25.7 Å². The summed E-state index contributed by atoms with van der Waals surface area (Å²) >= 11 is 0. The van der Waals surface area contributed by atoms with Gasteiger partial charge in [-0.05, 0) is 70.2 Å². The van der Waals surface area contributed by atoms with E-state index in [4.69, 9.17) is 15.2 Å². The second-order valence-corrected chi connectivity index (χ2v) is 8.61. The summed E-state index contributed by atoms with van der Waals surface area (Å²) < 4.78 is 13.5. The third-order valence-corrected chi connectivity index (χ3v) is 6.35. The van der Waals surface area contributed by atoms with E-state index in [9.17, 15) is 4.79 Å². The van der Waals surface area contributed by atoms with Gasteiger partial charge in [0.05, 0.1) is 23.5 Å². The molecule has 4 rings (SSSR count). The van der Waals surface area contributed by atoms with E-state index in [0.717, 1.165) is 71.6 Å². The van der Waals surface area contributed by atoms with Crippen LogP contribution in [0.4, 0.5) is 11.4 Å². The first-order valence-electron chi connectivity index (χ1n) is 12.2. The van der Waals surface area contributed by atoms with Gasteiger partial charge in [-0.15, -0.1) is 0 Å². The van der Waals surface area contributed by atoms with Crippen molar-refractivity contribution in [1.82, 2.24) is 4.57 Å². The average Bonchev–Trinajstić information content (AvgIpc) is 3.05. The molecule has 0 atom stereocenters. The second-order valence-electron chi connectivity index (χ2n) is 8.61. The van der Waals surface area contributed by atoms with Gasteiger partial charge in [0.1, 0.15) is 5.75 Å². The molecule has 176 valence electrons. The molecular weight excluding hydrogens is 414 g/mol. The SMILES string of the molecule is CCOCCCCC(=O)Nc1ccc(-c2c(N)c3ccc(OCC)cc3n2C2CCC2)cc1. The molecule has 0 saturated heterocycles. The number of fused-ring (bicyclic) bond motifs is 1. The summed E-state index contributed by atoms with van der Waals surface area (Å²) in [5.41, 5.74) is 11.5. The maximum atomic E-state index is 12.3. The maximum Gasteiger partial charge on any atom is 0.224 e. The van der Waals surface area contributed by atoms with Gasteiger partial charge in [0.25, 0.3) is 0 Å². The van der Waals surface area contributed by atoms with Crippen LogP contribution in [-0.2, 0) is 9.53 Å². The molecule has 0 bridgehead atoms. The maximum absolute atomic E-state index is 12.3. The van der Waals surface area contributed by atoms with E-state index in [1.54, 1.807) is 0 Å². The Hall–Kier alpha value is -2.99. The van der Waals surface area contributed by atoms with Crippen LogP contribution in [0.1, 0.15) is 58.4 Å². The first-order chi connectivity index (χ1) is 16.1. The Kier molecular flexibility index (Phi) is 7.55. The zero-order valence-electron chi connectivity index (χ0n) is 19.7. The summed E-state index contributed by atoms with van der Waals surface area (Å²) in [4.78, 5) is 12.3. The molecule has 0 spiro atoms. The number of carbonyl (C=O) groups excluding carboxylic acids is 1. The number of rotatable bonds is 11. The quantitative estimate of drug-likeness (QED) is 0.344. The van der Waals surface area contributed by atoms with Gasteiger partial charge in [0.2, 0.25) is 5.91 Å². The Bertz CT molecular complexity index is 1080. The number of benzene rings is 2. The molecule has 6 heteroatoms. The molecule has 1 heterocycles. The number of anilines is 2. The molecule has 1 aliphatic rings. The normalized spacial score (nSPS) is 13.8. The van der Waals surface area contributed by atoms with Gasteiger partial charge in [-0.3, -0.25) is 4.79 Å². The smallest absolute Gasteiger partial charge is 0.224 e. The van der Waals surface area contributed by atoms with Gasteiger partial charge in [0, 0.05) is 48.4 Å². The van der Waals surface area contributed by atoms with E-state index < -0.39 is 0 Å². The summed E-state index contributed by atoms with van der Waals surface area (Å²) in [5, 5.41) is 4.06. The highest BCUT2D eigenvalue weighted by molar-refractivity contribution is 6.02. The lowest BCUT2D eigenvalue weighted by atomic mass is 9.92. The Labute approximate surface area is 196 Å². The fourth-order valence-electron chi connectivity index (χ4n) is 4.46. The second kappa shape index (κ2) is 10.8. The first kappa shape index (κ1) is 23.2. The Balaban J connectivity index is 1.55. The molecule has 1 aromatic heterocycles. The van der Waals surface area contributed by atoms with Crippen molar-refractivity contribution >= 4 is 28.2 Å². The number of aromatic nitrogens is 1. The number of nitrogens with zero attached hydrogens (tertiary/aromatic N) is 1. The highest BCUT2D eigenvalue weighted by atomic mass is 16.5. The van der Waals surface area contributed by atoms with Crippen molar-refractivity contribution in [3.05, 3.63) is 42.5 Å². The lowest BCUT2D eigenvalue weighted by Crippen LogP contribution is -2.18. The van der Waals surface area contributed by atoms with E-state index in [1.807, 2.05) is 44.2 Å². The van der Waals surface area contributed by atoms with E-state index in [-0.39, 0.29) is 5.91 Å². The molecule has 33 heavy (non-hydrogen) atoms. The van der Waals surface area contributed by atoms with Crippen LogP contribution in [0.5, 0.6) is 5.75 Å². The van der Waals surface area contributed by atoms with Crippen LogP contribution in [0.15, 0.2) is 42.5 Å². The molecule has 0 aliphatic heterocycles. The molecular formula is C27H35N3O3. The monoisotopic (exact) mass is 449 g/mol. The molecule has 3 aromatic rings. The molecule has 3 N–H and O–H groups in total. The number of carbonyl (C=O) groups is 1. The Morgan fingerprint density at radius 1 is 1.09 bits per heavy atom. The summed E-state index contributed by atoms with van der Waals surface area (Å²) in [5.74, 6) is 0.903. The van der Waals surface area contributed by atoms with Gasteiger partial charge in [-0.1, -0.05) is 12.1 Å². The summed E-state index contributed by atoms with van der Waals surface area (Å²) in [7, 11) is 0. The van der Waals surface area contributed by atoms with Crippen LogP contribution >= 0.6 is 0 Å². The highest BCUT2D eigenvalue weighted by Crippen LogP contribution is 2.44. The van der Waals surface area contributed by atoms with Crippen molar-refractivity contribution in [3.8, 4) is 17.0 Å². The molecule has 1 saturated carbocycles. The zero-order valence-corrected chi connectivity index (χ0v) is 19.7. The van der Waals surface area contributed by atoms with Crippen molar-refractivity contribution in [1.29, 1.82) is 0 Å². The van der Waals surface area contributed by atoms with Crippen molar-refractivity contribution in [3.63, 3.8) is 0 Å². The van der Waals surface area contributed by atoms with Crippen LogP contribution in [0.25, 0.3) is 22.2 Å². The summed E-state index contributed by atoms with van der Waals surface area (Å²) in [6.45, 7) is 6.04. The number of ether oxygens (including phenoxy) is 2. The van der Waals surface area contributed by atoms with Gasteiger partial charge < -0.3 is 25.1 Å². The zero-order chi connectivity index (χ0) is 23.2. The number of nitrogens with one attached hydrogen (secondary N) is 1. The Morgan fingerprint density at radius 2 is 1.88 bits per heavy atom. The molecule has 1 fully saturated rings. The highest BCUT2D eigenvalue weighted by Gasteiger charge is 2.27. The molecule has 2 aromatic carbocycles. The van der Waals surface area contributed by atoms with Crippen molar-refractivity contribution in [2.24, 2.45) is 0 Å². The third-order valence-electron chi connectivity index (χ3n) is 6.35. The number of hydrogen-bond donors (Lipinski definition) is 2. The molecule has 0 unspecified atom stereocenters. The van der Waals surface area contributed by atoms with Crippen molar-refractivity contribution in [2.45, 2.75) is 58.4 Å². The predicted octanol–water partition coefficient (Wildman–Crippen LogP) is 6.16. The average molecular weight is 450 g/mol. The van der Waals surface area contributed by atoms with Gasteiger partial charge >= 0.3 is 0 Å². The van der Waals surface area contributed by atoms with E-state index >= 15 is 0 Å². The van der Waals surface area contributed by atoms with Crippen LogP contribution in [0, 0.1) is 0 Å². The predicted molar refractivity (Wildman–Crippen MR) is 135 cm³/mol. The van der Waals surface area contributed by atoms with Crippen LogP contribution in [0.3, 0.4) is 0 Å². The van der Waals surface area contributed by atoms with Crippen molar-refractivity contribution < 1.29 is 14.3 Å². The van der Waals surface area contributed by atoms with Crippen LogP contribution in [-0.4, -0.2) is 30.3 Å². The molecule has 1 aliphatic carbocycles. The standard InChI is InChI=1S/C27H35N3O3/c1-3-32-17-6-5-10-25(31)29-20-13-11-19(12-14-20)27-26(28)23-16-15-22(33-4-2)18-24(23)30(27)21-8-7-9-21/h11-16,18,21H,3-10,17,28H2,1-2H3,(H,29,31). The number of hydrogen-bond acceptors (Lipinski definition) is 4. The van der Waals surface area contributed by atoms with E-state index in [2.05, 4.69) is 22.0 Å². The number of nitrogen functional groups attached to an aromatic ring is 1. The number of amides is 1. The van der Waals surface area contributed by atoms with E-state index in [1.165, 1.54) is 6.42 Å². The van der Waals surface area contributed by atoms with Gasteiger partial charge in [0.15, 0.2) is 0 Å². The van der Waals surface area contributed by atoms with Gasteiger partial charge in [-0.2, -0.15) is 0 Å². The molecule has 0 radical (unpaired) electrons. The Morgan fingerprint density at radius 3 is 2.55 bits per heavy atom. The van der Waals surface area contributed by atoms with Crippen molar-refractivity contribution in [2.75, 3.05) is 30.9 Å². The number of unbranched alkanes of at least 4 members (excludes halogenated alkanes) is 1. The van der Waals surface area contributed by atoms with Crippen LogP contribution in [0.2, 0.25) is 0 Å². The molecule has 1 amide bonds. The first-order valence-corrected chi connectivity index (χ1v) is 12.2. The fourth-order valence-corrected chi connectivity index (χ4v) is 4.46. The third kappa shape index (κ3) is 5.17. The fraction of sp³-hybridized carbons (Fsp3) is 0.444. The minimum absolute atomic E-state index is 0.0331. The largest absolute Gasteiger partial charge is 0.494 e. The topological polar surface area (TPSA) is 78.5 Å². The number of nitrogens with two attached hydrogens (primary N) is 1. The summed E-state index contributed by atoms with van der Waals surface area (Å²) in [6, 6.07) is 14.6. The minimum Gasteiger partial charge on any atom is -0.494 e. The van der Waals surface area contributed by atoms with Gasteiger partial charge in [-0.25, -0.2) is 0 Å².